The van der Waals surface area contributed by atoms with Gasteiger partial charge in [-0.15, -0.1) is 0 Å². The molecule has 0 heterocycles. The maximum atomic E-state index is 16.9. The highest BCUT2D eigenvalue weighted by atomic mass is 19.1. The molecule has 172 valence electrons. The molecule has 0 amide bonds. The highest BCUT2D eigenvalue weighted by molar-refractivity contribution is 6.01. The third kappa shape index (κ3) is 2.82. The Labute approximate surface area is 181 Å². The summed E-state index contributed by atoms with van der Waals surface area (Å²) < 4.78 is 37.7. The van der Waals surface area contributed by atoms with Gasteiger partial charge in [-0.3, -0.25) is 9.59 Å². The number of carbonyl (C=O) groups excluding carboxylic acids is 2. The van der Waals surface area contributed by atoms with Crippen molar-refractivity contribution >= 4 is 11.6 Å². The summed E-state index contributed by atoms with van der Waals surface area (Å²) in [4.78, 5) is 24.8. The van der Waals surface area contributed by atoms with Gasteiger partial charge in [0.1, 0.15) is 18.4 Å². The molecule has 0 unspecified atom stereocenters. The predicted molar refractivity (Wildman–Crippen MR) is 110 cm³/mol. The Bertz CT molecular complexity index is 868. The molecule has 0 spiro atoms. The number of hydrogen-bond acceptors (Lipinski definition) is 5. The molecule has 4 aliphatic carbocycles. The highest BCUT2D eigenvalue weighted by Crippen LogP contribution is 2.70. The lowest BCUT2D eigenvalue weighted by Gasteiger charge is -2.63. The van der Waals surface area contributed by atoms with Crippen molar-refractivity contribution in [3.63, 3.8) is 0 Å². The number of aliphatic hydroxyl groups is 2. The van der Waals surface area contributed by atoms with E-state index in [1.165, 1.54) is 19.1 Å². The molecule has 2 N–H and O–H groups in total. The van der Waals surface area contributed by atoms with Crippen LogP contribution in [0.4, 0.5) is 8.78 Å². The quantitative estimate of drug-likeness (QED) is 0.705. The highest BCUT2D eigenvalue weighted by Gasteiger charge is 2.75. The van der Waals surface area contributed by atoms with Crippen LogP contribution >= 0.6 is 0 Å². The molecule has 0 bridgehead atoms. The summed E-state index contributed by atoms with van der Waals surface area (Å²) in [7, 11) is 0. The summed E-state index contributed by atoms with van der Waals surface area (Å²) in [6, 6.07) is 0. The van der Waals surface area contributed by atoms with Gasteiger partial charge in [-0.2, -0.15) is 0 Å². The SMILES string of the molecule is CC(C)OCC(=O)[C@@]1(O)CC[C@H]2[C@@H]3C[C@H](F)C4=CC(=O)C=C[C@]4(C)[C@@]3(F)[C@@H](O)C[C@@]21C. The molecule has 0 radical (unpaired) electrons. The number of aliphatic hydroxyl groups excluding tert-OH is 1. The van der Waals surface area contributed by atoms with Gasteiger partial charge < -0.3 is 14.9 Å². The van der Waals surface area contributed by atoms with Crippen molar-refractivity contribution in [3.05, 3.63) is 23.8 Å². The number of Topliss-reactive ketones (excluding diaryl/α,β-unsaturated/α-hetero) is 1. The monoisotopic (exact) mass is 438 g/mol. The van der Waals surface area contributed by atoms with Crippen LogP contribution < -0.4 is 0 Å². The van der Waals surface area contributed by atoms with Crippen molar-refractivity contribution in [2.45, 2.75) is 83.0 Å². The van der Waals surface area contributed by atoms with Gasteiger partial charge in [0.05, 0.1) is 12.2 Å². The van der Waals surface area contributed by atoms with Gasteiger partial charge in [0.15, 0.2) is 17.2 Å². The van der Waals surface area contributed by atoms with Gasteiger partial charge in [0.25, 0.3) is 0 Å². The molecule has 0 aromatic carbocycles. The number of alkyl halides is 2. The van der Waals surface area contributed by atoms with E-state index >= 15 is 8.78 Å². The second kappa shape index (κ2) is 7.03. The summed E-state index contributed by atoms with van der Waals surface area (Å²) in [5.74, 6) is -2.26. The van der Waals surface area contributed by atoms with Crippen LogP contribution in [0.25, 0.3) is 0 Å². The molecule has 0 saturated heterocycles. The van der Waals surface area contributed by atoms with E-state index in [1.54, 1.807) is 20.8 Å². The topological polar surface area (TPSA) is 83.8 Å². The summed E-state index contributed by atoms with van der Waals surface area (Å²) >= 11 is 0. The maximum Gasteiger partial charge on any atom is 0.190 e. The number of allylic oxidation sites excluding steroid dienone is 4. The normalized spacial score (nSPS) is 48.8. The lowest BCUT2D eigenvalue weighted by molar-refractivity contribution is -0.222. The predicted octanol–water partition coefficient (Wildman–Crippen LogP) is 3.03. The Morgan fingerprint density at radius 3 is 2.65 bits per heavy atom. The van der Waals surface area contributed by atoms with Crippen LogP contribution in [0.15, 0.2) is 23.8 Å². The molecule has 0 aromatic rings. The van der Waals surface area contributed by atoms with Crippen LogP contribution in [0.2, 0.25) is 0 Å². The number of fused-ring (bicyclic) bond motifs is 5. The molecular weight excluding hydrogens is 406 g/mol. The van der Waals surface area contributed by atoms with Crippen molar-refractivity contribution in [1.82, 2.24) is 0 Å². The van der Waals surface area contributed by atoms with Crippen LogP contribution in [0.1, 0.15) is 53.4 Å². The zero-order chi connectivity index (χ0) is 23.0. The molecule has 7 heteroatoms. The zero-order valence-electron chi connectivity index (χ0n) is 18.5. The number of ketones is 2. The van der Waals surface area contributed by atoms with Crippen molar-refractivity contribution in [3.8, 4) is 0 Å². The van der Waals surface area contributed by atoms with Crippen molar-refractivity contribution in [2.75, 3.05) is 6.61 Å². The fourth-order valence-electron chi connectivity index (χ4n) is 7.03. The summed E-state index contributed by atoms with van der Waals surface area (Å²) in [5.41, 5.74) is -6.47. The lowest BCUT2D eigenvalue weighted by Crippen LogP contribution is -2.70. The van der Waals surface area contributed by atoms with Gasteiger partial charge in [-0.1, -0.05) is 13.0 Å². The lowest BCUT2D eigenvalue weighted by atomic mass is 9.44. The molecule has 4 aliphatic rings. The molecule has 3 fully saturated rings. The fourth-order valence-corrected chi connectivity index (χ4v) is 7.03. The van der Waals surface area contributed by atoms with Crippen LogP contribution in [-0.2, 0) is 14.3 Å². The first-order chi connectivity index (χ1) is 14.3. The largest absolute Gasteiger partial charge is 0.390 e. The minimum Gasteiger partial charge on any atom is -0.390 e. The molecule has 4 rings (SSSR count). The third-order valence-electron chi connectivity index (χ3n) is 8.79. The van der Waals surface area contributed by atoms with Crippen LogP contribution in [-0.4, -0.2) is 58.0 Å². The molecule has 31 heavy (non-hydrogen) atoms. The minimum atomic E-state index is -2.20. The van der Waals surface area contributed by atoms with Crippen LogP contribution in [0.5, 0.6) is 0 Å². The first-order valence-electron chi connectivity index (χ1n) is 11.1. The second-order valence-corrected chi connectivity index (χ2v) is 10.5. The molecule has 3 saturated carbocycles. The average molecular weight is 439 g/mol. The Kier molecular flexibility index (Phi) is 5.16. The number of ether oxygens (including phenoxy) is 1. The smallest absolute Gasteiger partial charge is 0.190 e. The molecule has 0 aromatic heterocycles. The van der Waals surface area contributed by atoms with Gasteiger partial charge in [-0.05, 0) is 70.1 Å². The molecule has 0 aliphatic heterocycles. The van der Waals surface area contributed by atoms with Gasteiger partial charge in [0.2, 0.25) is 0 Å². The Hall–Kier alpha value is -1.44. The Balaban J connectivity index is 1.74. The second-order valence-electron chi connectivity index (χ2n) is 10.5. The van der Waals surface area contributed by atoms with E-state index in [0.717, 1.165) is 6.08 Å². The van der Waals surface area contributed by atoms with Crippen molar-refractivity contribution in [2.24, 2.45) is 22.7 Å². The van der Waals surface area contributed by atoms with E-state index in [1.807, 2.05) is 0 Å². The average Bonchev–Trinajstić information content (AvgIpc) is 2.96. The molecular formula is C24H32F2O5. The first kappa shape index (κ1) is 22.7. The Morgan fingerprint density at radius 1 is 1.32 bits per heavy atom. The summed E-state index contributed by atoms with van der Waals surface area (Å²) in [5, 5.41) is 22.7. The van der Waals surface area contributed by atoms with E-state index < -0.39 is 57.8 Å². The van der Waals surface area contributed by atoms with Crippen LogP contribution in [0, 0.1) is 22.7 Å². The van der Waals surface area contributed by atoms with Gasteiger partial charge in [0, 0.05) is 16.7 Å². The summed E-state index contributed by atoms with van der Waals surface area (Å²) in [6.07, 6.45) is 0.684. The number of rotatable bonds is 4. The van der Waals surface area contributed by atoms with Crippen molar-refractivity contribution in [1.29, 1.82) is 0 Å². The maximum absolute atomic E-state index is 16.9. The van der Waals surface area contributed by atoms with Gasteiger partial charge >= 0.3 is 0 Å². The zero-order valence-corrected chi connectivity index (χ0v) is 18.5. The van der Waals surface area contributed by atoms with E-state index in [-0.39, 0.29) is 37.5 Å². The number of carbonyl (C=O) groups is 2. The summed E-state index contributed by atoms with van der Waals surface area (Å²) in [6.45, 7) is 6.56. The van der Waals surface area contributed by atoms with Gasteiger partial charge in [-0.25, -0.2) is 8.78 Å². The first-order valence-corrected chi connectivity index (χ1v) is 11.1. The molecule has 8 atom stereocenters. The van der Waals surface area contributed by atoms with E-state index in [0.29, 0.717) is 6.42 Å². The standard InChI is InChI=1S/C24H32F2O5/c1-13(2)31-12-20(29)23(30)8-6-15-16-10-18(25)17-9-14(27)5-7-21(17,3)24(16,26)19(28)11-22(15,23)4/h5,7,9,13,15-16,18-19,28,30H,6,8,10-12H2,1-4H3/t15-,16-,18-,19-,21-,22-,23-,24-/m0/s1. The number of halogens is 2. The van der Waals surface area contributed by atoms with E-state index in [4.69, 9.17) is 4.74 Å². The van der Waals surface area contributed by atoms with E-state index in [9.17, 15) is 19.8 Å². The van der Waals surface area contributed by atoms with Crippen LogP contribution in [0.3, 0.4) is 0 Å². The van der Waals surface area contributed by atoms with E-state index in [2.05, 4.69) is 0 Å². The van der Waals surface area contributed by atoms with Crippen molar-refractivity contribution < 1.29 is 33.3 Å². The number of hydrogen-bond donors (Lipinski definition) is 2. The fraction of sp³-hybridized carbons (Fsp3) is 0.750. The Morgan fingerprint density at radius 2 is 2.00 bits per heavy atom. The third-order valence-corrected chi connectivity index (χ3v) is 8.79. The molecule has 5 nitrogen and oxygen atoms in total. The minimum absolute atomic E-state index is 0.0658.